The van der Waals surface area contributed by atoms with Gasteiger partial charge in [0.1, 0.15) is 0 Å². The van der Waals surface area contributed by atoms with E-state index in [9.17, 15) is 4.79 Å². The summed E-state index contributed by atoms with van der Waals surface area (Å²) in [6, 6.07) is 8.70. The molecule has 4 heteroatoms. The van der Waals surface area contributed by atoms with Gasteiger partial charge in [-0.3, -0.25) is 4.79 Å². The molecule has 0 bridgehead atoms. The molecular weight excluding hydrogens is 218 g/mol. The summed E-state index contributed by atoms with van der Waals surface area (Å²) in [6.45, 7) is 0. The van der Waals surface area contributed by atoms with Crippen LogP contribution in [0.4, 0.5) is 0 Å². The molecule has 0 atom stereocenters. The van der Waals surface area contributed by atoms with Crippen molar-refractivity contribution in [1.29, 1.82) is 0 Å². The first-order chi connectivity index (χ1) is 6.79. The fraction of sp³-hybridized carbons (Fsp3) is 0. The van der Waals surface area contributed by atoms with Crippen molar-refractivity contribution in [3.05, 3.63) is 52.0 Å². The first-order valence-corrected chi connectivity index (χ1v) is 5.14. The normalized spacial score (nSPS) is 10.1. The molecule has 2 nitrogen and oxygen atoms in total. The molecule has 0 saturated carbocycles. The van der Waals surface area contributed by atoms with Gasteiger partial charge in [0.25, 0.3) is 0 Å². The number of carbonyl (C=O) groups is 1. The minimum atomic E-state index is -0.0712. The van der Waals surface area contributed by atoms with Crippen molar-refractivity contribution in [3.63, 3.8) is 0 Å². The third-order valence-corrected chi connectivity index (χ3v) is 2.85. The molecule has 0 unspecified atom stereocenters. The summed E-state index contributed by atoms with van der Waals surface area (Å²) >= 11 is 7.08. The third-order valence-electron chi connectivity index (χ3n) is 1.78. The van der Waals surface area contributed by atoms with Crippen LogP contribution in [0, 0.1) is 0 Å². The maximum atomic E-state index is 11.8. The Bertz CT molecular complexity index is 453. The molecule has 2 aromatic rings. The lowest BCUT2D eigenvalue weighted by atomic mass is 10.1. The summed E-state index contributed by atoms with van der Waals surface area (Å²) in [5.41, 5.74) is 0.526. The molecule has 1 aromatic heterocycles. The van der Waals surface area contributed by atoms with Crippen molar-refractivity contribution in [1.82, 2.24) is 4.37 Å². The molecule has 1 heterocycles. The van der Waals surface area contributed by atoms with Crippen LogP contribution in [-0.2, 0) is 0 Å². The van der Waals surface area contributed by atoms with E-state index in [2.05, 4.69) is 4.37 Å². The van der Waals surface area contributed by atoms with Gasteiger partial charge in [-0.05, 0) is 29.7 Å². The van der Waals surface area contributed by atoms with Gasteiger partial charge in [0.05, 0.1) is 9.90 Å². The van der Waals surface area contributed by atoms with Crippen LogP contribution in [0.5, 0.6) is 0 Å². The van der Waals surface area contributed by atoms with E-state index in [1.54, 1.807) is 36.5 Å². The molecule has 70 valence electrons. The summed E-state index contributed by atoms with van der Waals surface area (Å²) in [7, 11) is 0. The fourth-order valence-electron chi connectivity index (χ4n) is 1.11. The first kappa shape index (κ1) is 9.37. The lowest BCUT2D eigenvalue weighted by Crippen LogP contribution is -1.98. The van der Waals surface area contributed by atoms with Gasteiger partial charge in [-0.2, -0.15) is 0 Å². The molecule has 0 saturated heterocycles. The van der Waals surface area contributed by atoms with Gasteiger partial charge in [-0.25, -0.2) is 4.37 Å². The minimum Gasteiger partial charge on any atom is -0.288 e. The SMILES string of the molecule is O=C(c1ccns1)c1ccccc1Cl. The average molecular weight is 224 g/mol. The number of halogens is 1. The number of hydrogen-bond acceptors (Lipinski definition) is 3. The molecule has 0 amide bonds. The first-order valence-electron chi connectivity index (χ1n) is 3.99. The van der Waals surface area contributed by atoms with E-state index in [0.717, 1.165) is 0 Å². The van der Waals surface area contributed by atoms with Gasteiger partial charge in [0.2, 0.25) is 5.78 Å². The predicted octanol–water partition coefficient (Wildman–Crippen LogP) is 3.03. The summed E-state index contributed by atoms with van der Waals surface area (Å²) in [5.74, 6) is -0.0712. The van der Waals surface area contributed by atoms with Gasteiger partial charge in [0, 0.05) is 11.8 Å². The number of rotatable bonds is 2. The van der Waals surface area contributed by atoms with Crippen LogP contribution >= 0.6 is 23.1 Å². The van der Waals surface area contributed by atoms with Crippen LogP contribution in [0.2, 0.25) is 5.02 Å². The van der Waals surface area contributed by atoms with Crippen LogP contribution in [0.15, 0.2) is 36.5 Å². The number of ketones is 1. The van der Waals surface area contributed by atoms with Gasteiger partial charge in [0.15, 0.2) is 0 Å². The Hall–Kier alpha value is -1.19. The summed E-state index contributed by atoms with van der Waals surface area (Å²) in [6.07, 6.45) is 1.61. The van der Waals surface area contributed by atoms with E-state index in [-0.39, 0.29) is 5.78 Å². The molecule has 1 aromatic carbocycles. The van der Waals surface area contributed by atoms with Crippen LogP contribution in [0.3, 0.4) is 0 Å². The third kappa shape index (κ3) is 1.69. The fourth-order valence-corrected chi connectivity index (χ4v) is 1.88. The van der Waals surface area contributed by atoms with Gasteiger partial charge in [-0.15, -0.1) is 0 Å². The number of aromatic nitrogens is 1. The zero-order chi connectivity index (χ0) is 9.97. The van der Waals surface area contributed by atoms with Crippen molar-refractivity contribution in [3.8, 4) is 0 Å². The van der Waals surface area contributed by atoms with Crippen molar-refractivity contribution >= 4 is 28.9 Å². The quantitative estimate of drug-likeness (QED) is 0.733. The standard InChI is InChI=1S/C10H6ClNOS/c11-8-4-2-1-3-7(8)10(13)9-5-6-12-14-9/h1-6H. The van der Waals surface area contributed by atoms with Crippen LogP contribution < -0.4 is 0 Å². The number of benzene rings is 1. The Morgan fingerprint density at radius 2 is 2.07 bits per heavy atom. The van der Waals surface area contributed by atoms with Gasteiger partial charge in [-0.1, -0.05) is 23.7 Å². The summed E-state index contributed by atoms with van der Waals surface area (Å²) in [4.78, 5) is 12.4. The topological polar surface area (TPSA) is 30.0 Å². The van der Waals surface area contributed by atoms with E-state index in [1.807, 2.05) is 0 Å². The molecule has 0 aliphatic carbocycles. The highest BCUT2D eigenvalue weighted by molar-refractivity contribution is 7.08. The van der Waals surface area contributed by atoms with Crippen LogP contribution in [-0.4, -0.2) is 10.2 Å². The van der Waals surface area contributed by atoms with Crippen LogP contribution in [0.1, 0.15) is 15.2 Å². The molecule has 0 N–H and O–H groups in total. The Labute approximate surface area is 90.3 Å². The maximum absolute atomic E-state index is 11.8. The molecule has 0 aliphatic rings. The largest absolute Gasteiger partial charge is 0.288 e. The van der Waals surface area contributed by atoms with Crippen LogP contribution in [0.25, 0.3) is 0 Å². The number of nitrogens with zero attached hydrogens (tertiary/aromatic N) is 1. The molecular formula is C10H6ClNOS. The second-order valence-corrected chi connectivity index (χ2v) is 3.93. The smallest absolute Gasteiger partial charge is 0.206 e. The van der Waals surface area contributed by atoms with E-state index >= 15 is 0 Å². The lowest BCUT2D eigenvalue weighted by molar-refractivity contribution is 0.104. The Balaban J connectivity index is 2.42. The zero-order valence-electron chi connectivity index (χ0n) is 7.11. The molecule has 14 heavy (non-hydrogen) atoms. The Kier molecular flexibility index (Phi) is 2.61. The second-order valence-electron chi connectivity index (χ2n) is 2.69. The highest BCUT2D eigenvalue weighted by atomic mass is 35.5. The molecule has 0 radical (unpaired) electrons. The Morgan fingerprint density at radius 3 is 2.71 bits per heavy atom. The zero-order valence-corrected chi connectivity index (χ0v) is 8.68. The maximum Gasteiger partial charge on any atom is 0.206 e. The number of carbonyl (C=O) groups excluding carboxylic acids is 1. The highest BCUT2D eigenvalue weighted by Crippen LogP contribution is 2.20. The monoisotopic (exact) mass is 223 g/mol. The molecule has 0 spiro atoms. The Morgan fingerprint density at radius 1 is 1.29 bits per heavy atom. The molecule has 0 fully saturated rings. The van der Waals surface area contributed by atoms with E-state index < -0.39 is 0 Å². The van der Waals surface area contributed by atoms with Gasteiger partial charge < -0.3 is 0 Å². The van der Waals surface area contributed by atoms with Crippen molar-refractivity contribution in [2.45, 2.75) is 0 Å². The highest BCUT2D eigenvalue weighted by Gasteiger charge is 2.13. The van der Waals surface area contributed by atoms with Crippen molar-refractivity contribution < 1.29 is 4.79 Å². The molecule has 2 rings (SSSR count). The predicted molar refractivity (Wildman–Crippen MR) is 57.0 cm³/mol. The molecule has 0 aliphatic heterocycles. The number of hydrogen-bond donors (Lipinski definition) is 0. The lowest BCUT2D eigenvalue weighted by Gasteiger charge is -1.99. The summed E-state index contributed by atoms with van der Waals surface area (Å²) in [5, 5.41) is 0.478. The minimum absolute atomic E-state index is 0.0712. The summed E-state index contributed by atoms with van der Waals surface area (Å²) < 4.78 is 3.88. The second kappa shape index (κ2) is 3.90. The van der Waals surface area contributed by atoms with Crippen molar-refractivity contribution in [2.24, 2.45) is 0 Å². The van der Waals surface area contributed by atoms with E-state index in [1.165, 1.54) is 11.5 Å². The van der Waals surface area contributed by atoms with Crippen molar-refractivity contribution in [2.75, 3.05) is 0 Å². The average Bonchev–Trinajstić information content (AvgIpc) is 2.70. The van der Waals surface area contributed by atoms with Gasteiger partial charge >= 0.3 is 0 Å². The van der Waals surface area contributed by atoms with E-state index in [0.29, 0.717) is 15.5 Å². The van der Waals surface area contributed by atoms with E-state index in [4.69, 9.17) is 11.6 Å².